The number of hydrogen-bond donors (Lipinski definition) is 3. The molecule has 1 unspecified atom stereocenters. The lowest BCUT2D eigenvalue weighted by molar-refractivity contribution is -0.156. The van der Waals surface area contributed by atoms with Gasteiger partial charge in [0.25, 0.3) is 5.91 Å². The molecule has 0 saturated heterocycles. The summed E-state index contributed by atoms with van der Waals surface area (Å²) in [5, 5.41) is 12.4. The number of esters is 1. The highest BCUT2D eigenvalue weighted by molar-refractivity contribution is 7.89. The Morgan fingerprint density at radius 1 is 1.16 bits per heavy atom. The molecule has 250 valence electrons. The van der Waals surface area contributed by atoms with Gasteiger partial charge in [0.1, 0.15) is 4.90 Å². The monoisotopic (exact) mass is 649 g/mol. The van der Waals surface area contributed by atoms with Crippen molar-refractivity contribution in [1.29, 1.82) is 0 Å². The van der Waals surface area contributed by atoms with E-state index in [0.717, 1.165) is 12.0 Å². The molecule has 13 nitrogen and oxygen atoms in total. The van der Waals surface area contributed by atoms with E-state index in [2.05, 4.69) is 34.7 Å². The minimum absolute atomic E-state index is 0.0253. The zero-order chi connectivity index (χ0) is 33.2. The predicted molar refractivity (Wildman–Crippen MR) is 167 cm³/mol. The summed E-state index contributed by atoms with van der Waals surface area (Å²) in [6.45, 7) is 9.05. The third kappa shape index (κ3) is 9.42. The fourth-order valence-corrected chi connectivity index (χ4v) is 7.17. The number of nitrogens with one attached hydrogen (secondary N) is 3. The number of fused-ring (bicyclic) bond motifs is 16. The van der Waals surface area contributed by atoms with Crippen LogP contribution in [0.5, 0.6) is 11.5 Å². The smallest absolute Gasteiger partial charge is 0.314 e. The SMILES string of the molecule is CCOC(=O)C1(CCC(C)C)CNC(=O)CCCN(S(=O)(=O)c2c(C)n[nH]c2C)CCNC(=O)COc2ccc(cc2OC)C1. The summed E-state index contributed by atoms with van der Waals surface area (Å²) in [6, 6.07) is 5.24. The first-order chi connectivity index (χ1) is 21.3. The molecule has 0 saturated carbocycles. The van der Waals surface area contributed by atoms with E-state index < -0.39 is 27.3 Å². The molecule has 1 aromatic heterocycles. The number of hydrogen-bond acceptors (Lipinski definition) is 9. The molecule has 2 aliphatic heterocycles. The van der Waals surface area contributed by atoms with Crippen molar-refractivity contribution in [2.75, 3.05) is 46.5 Å². The van der Waals surface area contributed by atoms with Gasteiger partial charge < -0.3 is 24.8 Å². The van der Waals surface area contributed by atoms with Crippen LogP contribution in [-0.2, 0) is 35.6 Å². The fourth-order valence-electron chi connectivity index (χ4n) is 5.36. The van der Waals surface area contributed by atoms with Crippen molar-refractivity contribution in [3.8, 4) is 11.5 Å². The Hall–Kier alpha value is -3.65. The highest BCUT2D eigenvalue weighted by Crippen LogP contribution is 2.35. The van der Waals surface area contributed by atoms with E-state index in [-0.39, 0.29) is 69.5 Å². The molecule has 0 aliphatic carbocycles. The fraction of sp³-hybridized carbons (Fsp3) is 0.613. The van der Waals surface area contributed by atoms with Crippen molar-refractivity contribution < 1.29 is 37.0 Å². The Morgan fingerprint density at radius 3 is 2.56 bits per heavy atom. The normalized spacial score (nSPS) is 19.5. The maximum absolute atomic E-state index is 13.7. The van der Waals surface area contributed by atoms with Crippen molar-refractivity contribution in [3.05, 3.63) is 35.2 Å². The molecule has 14 heteroatoms. The molecule has 4 rings (SSSR count). The van der Waals surface area contributed by atoms with Crippen LogP contribution in [0, 0.1) is 25.2 Å². The second-order valence-electron chi connectivity index (χ2n) is 11.8. The first-order valence-corrected chi connectivity index (χ1v) is 16.8. The van der Waals surface area contributed by atoms with E-state index in [1.807, 2.05) is 0 Å². The first-order valence-electron chi connectivity index (χ1n) is 15.3. The zero-order valence-electron chi connectivity index (χ0n) is 27.2. The van der Waals surface area contributed by atoms with Gasteiger partial charge in [-0.1, -0.05) is 19.9 Å². The number of carbonyl (C=O) groups excluding carboxylic acids is 3. The molecule has 2 amide bonds. The van der Waals surface area contributed by atoms with Crippen LogP contribution in [0.15, 0.2) is 23.1 Å². The van der Waals surface area contributed by atoms with E-state index in [1.54, 1.807) is 39.0 Å². The van der Waals surface area contributed by atoms with Crippen LogP contribution in [0.4, 0.5) is 0 Å². The number of H-pyrrole nitrogens is 1. The number of amides is 2. The molecule has 2 aromatic rings. The van der Waals surface area contributed by atoms with E-state index in [4.69, 9.17) is 14.2 Å². The average Bonchev–Trinajstić information content (AvgIpc) is 3.34. The quantitative estimate of drug-likeness (QED) is 0.288. The Morgan fingerprint density at radius 2 is 1.91 bits per heavy atom. The summed E-state index contributed by atoms with van der Waals surface area (Å²) in [5.74, 6) is -0.143. The number of sulfonamides is 1. The van der Waals surface area contributed by atoms with Gasteiger partial charge in [0.2, 0.25) is 15.9 Å². The van der Waals surface area contributed by atoms with Crippen LogP contribution in [0.25, 0.3) is 0 Å². The van der Waals surface area contributed by atoms with E-state index in [1.165, 1.54) is 11.4 Å². The molecular formula is C31H47N5O8S. The highest BCUT2D eigenvalue weighted by Gasteiger charge is 2.40. The topological polar surface area (TPSA) is 169 Å². The minimum Gasteiger partial charge on any atom is -0.493 e. The van der Waals surface area contributed by atoms with Crippen molar-refractivity contribution in [2.45, 2.75) is 71.6 Å². The lowest BCUT2D eigenvalue weighted by atomic mass is 9.76. The number of carbonyl (C=O) groups is 3. The van der Waals surface area contributed by atoms with Crippen LogP contribution >= 0.6 is 0 Å². The van der Waals surface area contributed by atoms with E-state index >= 15 is 0 Å². The van der Waals surface area contributed by atoms with Crippen LogP contribution < -0.4 is 20.1 Å². The number of nitrogens with zero attached hydrogens (tertiary/aromatic N) is 2. The summed E-state index contributed by atoms with van der Waals surface area (Å²) in [5.41, 5.74) is 0.445. The standard InChI is InChI=1S/C31H47N5O8S/c1-7-43-30(39)31(13-12-21(2)3)18-24-10-11-25(26(17-24)42-6)44-19-28(38)32-14-16-36(15-8-9-27(37)33-20-31)45(40,41)29-22(4)34-35-23(29)5/h10-11,17,21H,7-9,12-16,18-20H2,1-6H3,(H,32,38)(H,33,37)(H,34,35). The highest BCUT2D eigenvalue weighted by atomic mass is 32.2. The number of methoxy groups -OCH3 is 1. The lowest BCUT2D eigenvalue weighted by Crippen LogP contribution is -2.46. The van der Waals surface area contributed by atoms with Gasteiger partial charge in [0.15, 0.2) is 18.1 Å². The first kappa shape index (κ1) is 35.8. The molecule has 3 N–H and O–H groups in total. The molecular weight excluding hydrogens is 602 g/mol. The van der Waals surface area contributed by atoms with Crippen molar-refractivity contribution in [2.24, 2.45) is 11.3 Å². The molecule has 1 atom stereocenters. The van der Waals surface area contributed by atoms with Crippen LogP contribution in [0.1, 0.15) is 63.4 Å². The number of aromatic amines is 1. The lowest BCUT2D eigenvalue weighted by Gasteiger charge is -2.33. The van der Waals surface area contributed by atoms with Gasteiger partial charge in [0, 0.05) is 32.6 Å². The number of rotatable bonds is 8. The summed E-state index contributed by atoms with van der Waals surface area (Å²) in [6.07, 6.45) is 1.71. The van der Waals surface area contributed by atoms with Gasteiger partial charge in [-0.2, -0.15) is 9.40 Å². The van der Waals surface area contributed by atoms with E-state index in [9.17, 15) is 22.8 Å². The molecule has 0 spiro atoms. The second-order valence-corrected chi connectivity index (χ2v) is 13.7. The van der Waals surface area contributed by atoms with Gasteiger partial charge in [-0.3, -0.25) is 19.5 Å². The summed E-state index contributed by atoms with van der Waals surface area (Å²) >= 11 is 0. The number of ether oxygens (including phenoxy) is 3. The minimum atomic E-state index is -3.99. The Kier molecular flexibility index (Phi) is 12.8. The Labute approximate surface area is 265 Å². The largest absolute Gasteiger partial charge is 0.493 e. The summed E-state index contributed by atoms with van der Waals surface area (Å²) in [7, 11) is -2.51. The summed E-state index contributed by atoms with van der Waals surface area (Å²) in [4.78, 5) is 39.4. The third-order valence-corrected chi connectivity index (χ3v) is 9.98. The maximum Gasteiger partial charge on any atom is 0.314 e. The maximum atomic E-state index is 13.7. The van der Waals surface area contributed by atoms with Gasteiger partial charge in [-0.05, 0) is 70.1 Å². The predicted octanol–water partition coefficient (Wildman–Crippen LogP) is 2.66. The molecule has 0 radical (unpaired) electrons. The molecule has 3 heterocycles. The number of benzene rings is 1. The van der Waals surface area contributed by atoms with Gasteiger partial charge in [-0.15, -0.1) is 0 Å². The van der Waals surface area contributed by atoms with Crippen molar-refractivity contribution >= 4 is 27.8 Å². The number of aromatic nitrogens is 2. The second kappa shape index (κ2) is 16.1. The molecule has 45 heavy (non-hydrogen) atoms. The van der Waals surface area contributed by atoms with Gasteiger partial charge >= 0.3 is 5.97 Å². The number of aryl methyl sites for hydroxylation is 2. The molecule has 1 aromatic carbocycles. The van der Waals surface area contributed by atoms with Crippen LogP contribution in [0.3, 0.4) is 0 Å². The molecule has 2 bridgehead atoms. The molecule has 2 aliphatic rings. The van der Waals surface area contributed by atoms with Gasteiger partial charge in [0.05, 0.1) is 30.5 Å². The Bertz CT molecular complexity index is 1420. The Balaban J connectivity index is 1.96. The van der Waals surface area contributed by atoms with E-state index in [0.29, 0.717) is 35.2 Å². The van der Waals surface area contributed by atoms with Gasteiger partial charge in [-0.25, -0.2) is 8.42 Å². The van der Waals surface area contributed by atoms with Crippen LogP contribution in [0.2, 0.25) is 0 Å². The van der Waals surface area contributed by atoms with Crippen molar-refractivity contribution in [1.82, 2.24) is 25.1 Å². The average molecular weight is 650 g/mol. The van der Waals surface area contributed by atoms with Crippen molar-refractivity contribution in [3.63, 3.8) is 0 Å². The summed E-state index contributed by atoms with van der Waals surface area (Å²) < 4.78 is 45.4. The zero-order valence-corrected chi connectivity index (χ0v) is 28.0. The third-order valence-electron chi connectivity index (χ3n) is 7.82. The van der Waals surface area contributed by atoms with Crippen LogP contribution in [-0.4, -0.2) is 87.2 Å². The molecule has 0 fully saturated rings.